The number of nitrogens with one attached hydrogen (secondary N) is 2. The SMILES string of the molecule is O=C(Nc1ccc(S(=O)(=O)Nc2cccc(F)c2)cc1)c1ccc(N2CCCS2(=O)=O)cc1. The summed E-state index contributed by atoms with van der Waals surface area (Å²) in [4.78, 5) is 12.5. The van der Waals surface area contributed by atoms with Crippen LogP contribution in [-0.4, -0.2) is 35.0 Å². The van der Waals surface area contributed by atoms with Gasteiger partial charge in [-0.3, -0.25) is 13.8 Å². The normalized spacial score (nSPS) is 15.2. The van der Waals surface area contributed by atoms with Gasteiger partial charge in [0.05, 0.1) is 22.0 Å². The van der Waals surface area contributed by atoms with Crippen molar-refractivity contribution < 1.29 is 26.0 Å². The second kappa shape index (κ2) is 8.83. The molecule has 0 aliphatic carbocycles. The lowest BCUT2D eigenvalue weighted by atomic mass is 10.2. The first-order valence-electron chi connectivity index (χ1n) is 9.94. The molecule has 0 radical (unpaired) electrons. The molecule has 172 valence electrons. The number of carbonyl (C=O) groups is 1. The molecule has 0 bridgehead atoms. The zero-order chi connectivity index (χ0) is 23.6. The Morgan fingerprint density at radius 2 is 1.64 bits per heavy atom. The van der Waals surface area contributed by atoms with E-state index < -0.39 is 31.8 Å². The molecule has 0 unspecified atom stereocenters. The highest BCUT2D eigenvalue weighted by atomic mass is 32.2. The molecule has 1 amide bonds. The topological polar surface area (TPSA) is 113 Å². The van der Waals surface area contributed by atoms with E-state index in [1.807, 2.05) is 0 Å². The van der Waals surface area contributed by atoms with Gasteiger partial charge in [0.1, 0.15) is 5.82 Å². The number of halogens is 1. The number of hydrogen-bond acceptors (Lipinski definition) is 5. The standard InChI is InChI=1S/C22H20FN3O5S2/c23-17-3-1-4-19(15-17)25-33(30,31)21-11-7-18(8-12-21)24-22(27)16-5-9-20(10-6-16)26-13-2-14-32(26,28)29/h1,3-12,15,25H,2,13-14H2,(H,24,27). The number of nitrogens with zero attached hydrogens (tertiary/aromatic N) is 1. The largest absolute Gasteiger partial charge is 0.322 e. The molecule has 1 aliphatic rings. The van der Waals surface area contributed by atoms with Crippen molar-refractivity contribution in [3.63, 3.8) is 0 Å². The molecule has 3 aromatic carbocycles. The third kappa shape index (κ3) is 5.15. The van der Waals surface area contributed by atoms with E-state index in [-0.39, 0.29) is 16.3 Å². The molecule has 1 fully saturated rings. The maximum absolute atomic E-state index is 13.3. The van der Waals surface area contributed by atoms with E-state index >= 15 is 0 Å². The molecule has 1 heterocycles. The fourth-order valence-corrected chi connectivity index (χ4v) is 6.01. The van der Waals surface area contributed by atoms with E-state index in [0.717, 1.165) is 6.07 Å². The Morgan fingerprint density at radius 1 is 0.939 bits per heavy atom. The molecular formula is C22H20FN3O5S2. The molecule has 11 heteroatoms. The average molecular weight is 490 g/mol. The number of amides is 1. The predicted molar refractivity (Wildman–Crippen MR) is 124 cm³/mol. The molecule has 0 spiro atoms. The summed E-state index contributed by atoms with van der Waals surface area (Å²) >= 11 is 0. The van der Waals surface area contributed by atoms with Gasteiger partial charge >= 0.3 is 0 Å². The summed E-state index contributed by atoms with van der Waals surface area (Å²) in [6.45, 7) is 0.414. The van der Waals surface area contributed by atoms with Crippen molar-refractivity contribution in [3.8, 4) is 0 Å². The van der Waals surface area contributed by atoms with Crippen LogP contribution in [0.2, 0.25) is 0 Å². The van der Waals surface area contributed by atoms with E-state index in [1.54, 1.807) is 12.1 Å². The minimum atomic E-state index is -3.93. The van der Waals surface area contributed by atoms with Gasteiger partial charge in [-0.2, -0.15) is 0 Å². The summed E-state index contributed by atoms with van der Waals surface area (Å²) in [7, 11) is -7.23. The van der Waals surface area contributed by atoms with Gasteiger partial charge in [-0.15, -0.1) is 0 Å². The Labute approximate surface area is 191 Å². The van der Waals surface area contributed by atoms with Crippen molar-refractivity contribution in [2.75, 3.05) is 26.6 Å². The van der Waals surface area contributed by atoms with Crippen LogP contribution in [0, 0.1) is 5.82 Å². The molecule has 1 aliphatic heterocycles. The Kier molecular flexibility index (Phi) is 6.09. The molecule has 0 aromatic heterocycles. The molecule has 0 saturated carbocycles. The van der Waals surface area contributed by atoms with Gasteiger partial charge in [-0.05, 0) is 73.2 Å². The number of sulfonamides is 2. The van der Waals surface area contributed by atoms with Gasteiger partial charge in [-0.25, -0.2) is 21.2 Å². The van der Waals surface area contributed by atoms with Crippen molar-refractivity contribution in [1.82, 2.24) is 0 Å². The average Bonchev–Trinajstić information content (AvgIpc) is 3.13. The highest BCUT2D eigenvalue weighted by Gasteiger charge is 2.28. The second-order valence-electron chi connectivity index (χ2n) is 7.38. The van der Waals surface area contributed by atoms with Crippen LogP contribution >= 0.6 is 0 Å². The lowest BCUT2D eigenvalue weighted by Crippen LogP contribution is -2.25. The molecule has 2 N–H and O–H groups in total. The van der Waals surface area contributed by atoms with Crippen LogP contribution in [0.3, 0.4) is 0 Å². The smallest absolute Gasteiger partial charge is 0.261 e. The van der Waals surface area contributed by atoms with Gasteiger partial charge in [0.25, 0.3) is 15.9 Å². The summed E-state index contributed by atoms with van der Waals surface area (Å²) in [5.41, 5.74) is 1.29. The molecule has 33 heavy (non-hydrogen) atoms. The monoisotopic (exact) mass is 489 g/mol. The zero-order valence-electron chi connectivity index (χ0n) is 17.2. The highest BCUT2D eigenvalue weighted by molar-refractivity contribution is 7.93. The summed E-state index contributed by atoms with van der Waals surface area (Å²) in [6.07, 6.45) is 0.564. The molecule has 8 nitrogen and oxygen atoms in total. The Morgan fingerprint density at radius 3 is 2.24 bits per heavy atom. The fraction of sp³-hybridized carbons (Fsp3) is 0.136. The summed E-state index contributed by atoms with van der Waals surface area (Å²) < 4.78 is 65.9. The predicted octanol–water partition coefficient (Wildman–Crippen LogP) is 3.42. The summed E-state index contributed by atoms with van der Waals surface area (Å²) in [5, 5.41) is 2.66. The Bertz CT molecular complexity index is 1390. The Hall–Kier alpha value is -3.44. The number of hydrogen-bond donors (Lipinski definition) is 2. The van der Waals surface area contributed by atoms with Crippen LogP contribution in [0.5, 0.6) is 0 Å². The molecule has 1 saturated heterocycles. The zero-order valence-corrected chi connectivity index (χ0v) is 18.9. The second-order valence-corrected chi connectivity index (χ2v) is 11.1. The van der Waals surface area contributed by atoms with Gasteiger partial charge in [-0.1, -0.05) is 6.07 Å². The van der Waals surface area contributed by atoms with Crippen molar-refractivity contribution in [2.45, 2.75) is 11.3 Å². The third-order valence-corrected chi connectivity index (χ3v) is 8.28. The first kappa shape index (κ1) is 22.7. The number of rotatable bonds is 6. The lowest BCUT2D eigenvalue weighted by Gasteiger charge is -2.17. The van der Waals surface area contributed by atoms with Gasteiger partial charge in [0.2, 0.25) is 10.0 Å². The molecule has 0 atom stereocenters. The van der Waals surface area contributed by atoms with Gasteiger partial charge in [0, 0.05) is 17.8 Å². The van der Waals surface area contributed by atoms with Gasteiger partial charge in [0.15, 0.2) is 0 Å². The maximum atomic E-state index is 13.3. The minimum absolute atomic E-state index is 0.0547. The molecular weight excluding hydrogens is 469 g/mol. The van der Waals surface area contributed by atoms with Crippen molar-refractivity contribution in [1.29, 1.82) is 0 Å². The highest BCUT2D eigenvalue weighted by Crippen LogP contribution is 2.25. The molecule has 4 rings (SSSR count). The van der Waals surface area contributed by atoms with E-state index in [1.165, 1.54) is 58.9 Å². The minimum Gasteiger partial charge on any atom is -0.322 e. The van der Waals surface area contributed by atoms with Crippen molar-refractivity contribution >= 4 is 43.0 Å². The van der Waals surface area contributed by atoms with Crippen LogP contribution in [0.25, 0.3) is 0 Å². The third-order valence-electron chi connectivity index (χ3n) is 5.02. The fourth-order valence-electron chi connectivity index (χ4n) is 3.40. The first-order valence-corrected chi connectivity index (χ1v) is 13.0. The van der Waals surface area contributed by atoms with Crippen LogP contribution < -0.4 is 14.3 Å². The van der Waals surface area contributed by atoms with E-state index in [0.29, 0.717) is 29.9 Å². The number of benzene rings is 3. The summed E-state index contributed by atoms with van der Waals surface area (Å²) in [6, 6.07) is 16.8. The van der Waals surface area contributed by atoms with Gasteiger partial charge < -0.3 is 5.32 Å². The number of carbonyl (C=O) groups excluding carboxylic acids is 1. The lowest BCUT2D eigenvalue weighted by molar-refractivity contribution is 0.102. The van der Waals surface area contributed by atoms with E-state index in [2.05, 4.69) is 10.0 Å². The quantitative estimate of drug-likeness (QED) is 0.551. The van der Waals surface area contributed by atoms with Crippen LogP contribution in [-0.2, 0) is 20.0 Å². The van der Waals surface area contributed by atoms with Crippen LogP contribution in [0.1, 0.15) is 16.8 Å². The van der Waals surface area contributed by atoms with Crippen molar-refractivity contribution in [3.05, 3.63) is 84.2 Å². The van der Waals surface area contributed by atoms with Crippen LogP contribution in [0.15, 0.2) is 77.7 Å². The van der Waals surface area contributed by atoms with E-state index in [9.17, 15) is 26.0 Å². The molecule has 3 aromatic rings. The number of anilines is 3. The first-order chi connectivity index (χ1) is 15.6. The summed E-state index contributed by atoms with van der Waals surface area (Å²) in [5.74, 6) is -0.888. The van der Waals surface area contributed by atoms with Crippen molar-refractivity contribution in [2.24, 2.45) is 0 Å². The van der Waals surface area contributed by atoms with Crippen LogP contribution in [0.4, 0.5) is 21.5 Å². The maximum Gasteiger partial charge on any atom is 0.261 e. The van der Waals surface area contributed by atoms with E-state index in [4.69, 9.17) is 0 Å². The Balaban J connectivity index is 1.43.